The van der Waals surface area contributed by atoms with Gasteiger partial charge >= 0.3 is 0 Å². The Morgan fingerprint density at radius 1 is 1.00 bits per heavy atom. The maximum absolute atomic E-state index is 12.5. The van der Waals surface area contributed by atoms with Crippen molar-refractivity contribution in [2.24, 2.45) is 0 Å². The molecule has 0 fully saturated rings. The maximum Gasteiger partial charge on any atom is 0.220 e. The summed E-state index contributed by atoms with van der Waals surface area (Å²) in [6, 6.07) is 19.2. The Labute approximate surface area is 267 Å². The third-order valence-electron chi connectivity index (χ3n) is 8.24. The van der Waals surface area contributed by atoms with E-state index in [0.29, 0.717) is 41.5 Å². The smallest absolute Gasteiger partial charge is 0.220 e. The minimum absolute atomic E-state index is 0.0343. The summed E-state index contributed by atoms with van der Waals surface area (Å²) in [7, 11) is -2.11. The van der Waals surface area contributed by atoms with Crippen molar-refractivity contribution in [3.05, 3.63) is 98.5 Å². The highest BCUT2D eigenvalue weighted by Crippen LogP contribution is 2.40. The summed E-state index contributed by atoms with van der Waals surface area (Å²) in [4.78, 5) is 12.5. The lowest BCUT2D eigenvalue weighted by molar-refractivity contribution is -0.121. The van der Waals surface area contributed by atoms with E-state index in [2.05, 4.69) is 63.6 Å². The van der Waals surface area contributed by atoms with Gasteiger partial charge in [-0.1, -0.05) is 80.4 Å². The van der Waals surface area contributed by atoms with E-state index in [9.17, 15) is 15.0 Å². The molecule has 0 aromatic heterocycles. The molecular weight excluding hydrogens is 599 g/mol. The van der Waals surface area contributed by atoms with E-state index >= 15 is 0 Å². The molecule has 2 atom stereocenters. The molecule has 43 heavy (non-hydrogen) atoms. The molecule has 9 heteroatoms. The molecule has 0 aliphatic rings. The van der Waals surface area contributed by atoms with E-state index in [0.717, 1.165) is 23.1 Å². The molecule has 3 aromatic rings. The summed E-state index contributed by atoms with van der Waals surface area (Å²) in [5.41, 5.74) is 4.44. The number of amides is 1. The number of hydrogen-bond acceptors (Lipinski definition) is 5. The van der Waals surface area contributed by atoms with Crippen molar-refractivity contribution in [3.8, 4) is 5.75 Å². The molecule has 0 bridgehead atoms. The van der Waals surface area contributed by atoms with Gasteiger partial charge < -0.3 is 25.3 Å². The van der Waals surface area contributed by atoms with Gasteiger partial charge in [0.15, 0.2) is 8.32 Å². The van der Waals surface area contributed by atoms with E-state index in [1.54, 1.807) is 24.3 Å². The number of phenols is 1. The molecule has 234 valence electrons. The quantitative estimate of drug-likeness (QED) is 0.135. The molecule has 0 radical (unpaired) electrons. The Morgan fingerprint density at radius 3 is 2.30 bits per heavy atom. The SMILES string of the molecule is C[C@H](Cc1cccc(CCC(=O)NCc2c(Cl)cccc2Cl)c1)NC[C@@H](O[Si](C)(C)C(C)(C)C)c1ccc(O)c(CO)c1. The van der Waals surface area contributed by atoms with E-state index < -0.39 is 8.32 Å². The standard InChI is InChI=1S/C34H46Cl2N2O4Si/c1-23(37-21-32(42-43(5,6)34(2,3)4)26-14-15-31(40)27(19-26)22-39)17-25-10-7-9-24(18-25)13-16-33(41)38-20-28-29(35)11-8-12-30(28)36/h7-12,14-15,18-19,23,32,37,39-40H,13,16-17,20-22H2,1-6H3,(H,38,41)/t23-,32-/m1/s1. The van der Waals surface area contributed by atoms with Crippen LogP contribution >= 0.6 is 23.2 Å². The first-order valence-electron chi connectivity index (χ1n) is 14.8. The molecule has 3 rings (SSSR count). The first kappa shape index (κ1) is 35.1. The first-order valence-corrected chi connectivity index (χ1v) is 18.5. The Kier molecular flexibility index (Phi) is 12.7. The van der Waals surface area contributed by atoms with Crippen molar-refractivity contribution in [2.45, 2.75) is 90.4 Å². The minimum Gasteiger partial charge on any atom is -0.508 e. The Morgan fingerprint density at radius 2 is 1.65 bits per heavy atom. The number of aromatic hydroxyl groups is 1. The number of halogens is 2. The molecule has 3 aromatic carbocycles. The number of rotatable bonds is 14. The minimum atomic E-state index is -2.11. The molecule has 6 nitrogen and oxygen atoms in total. The van der Waals surface area contributed by atoms with Crippen molar-refractivity contribution < 1.29 is 19.4 Å². The summed E-state index contributed by atoms with van der Waals surface area (Å²) in [5, 5.41) is 27.5. The average Bonchev–Trinajstić information content (AvgIpc) is 2.93. The molecule has 4 N–H and O–H groups in total. The third-order valence-corrected chi connectivity index (χ3v) is 13.4. The van der Waals surface area contributed by atoms with Crippen molar-refractivity contribution in [2.75, 3.05) is 6.54 Å². The van der Waals surface area contributed by atoms with Gasteiger partial charge in [-0.05, 0) is 78.9 Å². The third kappa shape index (κ3) is 10.3. The fourth-order valence-electron chi connectivity index (χ4n) is 4.57. The zero-order valence-corrected chi connectivity index (χ0v) is 28.6. The number of carbonyl (C=O) groups is 1. The van der Waals surface area contributed by atoms with Crippen molar-refractivity contribution >= 4 is 37.4 Å². The van der Waals surface area contributed by atoms with Crippen LogP contribution in [0.25, 0.3) is 0 Å². The van der Waals surface area contributed by atoms with Crippen LogP contribution in [-0.2, 0) is 35.2 Å². The lowest BCUT2D eigenvalue weighted by atomic mass is 10.0. The summed E-state index contributed by atoms with van der Waals surface area (Å²) in [6.45, 7) is 13.9. The maximum atomic E-state index is 12.5. The number of aliphatic hydroxyl groups is 1. The molecule has 0 heterocycles. The van der Waals surface area contributed by atoms with Gasteiger partial charge in [-0.15, -0.1) is 0 Å². The lowest BCUT2D eigenvalue weighted by Crippen LogP contribution is -2.44. The highest BCUT2D eigenvalue weighted by molar-refractivity contribution is 6.74. The normalized spacial score (nSPS) is 13.5. The van der Waals surface area contributed by atoms with Gasteiger partial charge in [-0.25, -0.2) is 0 Å². The van der Waals surface area contributed by atoms with E-state index in [1.807, 2.05) is 24.3 Å². The van der Waals surface area contributed by atoms with Gasteiger partial charge in [0.1, 0.15) is 5.75 Å². The van der Waals surface area contributed by atoms with E-state index in [-0.39, 0.29) is 35.4 Å². The van der Waals surface area contributed by atoms with Crippen LogP contribution < -0.4 is 10.6 Å². The predicted molar refractivity (Wildman–Crippen MR) is 179 cm³/mol. The van der Waals surface area contributed by atoms with Crippen LogP contribution in [0.15, 0.2) is 60.7 Å². The highest BCUT2D eigenvalue weighted by Gasteiger charge is 2.39. The molecule has 0 saturated carbocycles. The van der Waals surface area contributed by atoms with E-state index in [1.165, 1.54) is 5.56 Å². The van der Waals surface area contributed by atoms with Crippen LogP contribution in [-0.4, -0.2) is 37.0 Å². The lowest BCUT2D eigenvalue weighted by Gasteiger charge is -2.40. The molecule has 0 spiro atoms. The molecule has 0 saturated heterocycles. The van der Waals surface area contributed by atoms with Crippen molar-refractivity contribution in [1.29, 1.82) is 0 Å². The van der Waals surface area contributed by atoms with Crippen LogP contribution in [0.3, 0.4) is 0 Å². The van der Waals surface area contributed by atoms with E-state index in [4.69, 9.17) is 27.6 Å². The fourth-order valence-corrected chi connectivity index (χ4v) is 6.39. The molecule has 1 amide bonds. The van der Waals surface area contributed by atoms with Gasteiger partial charge in [0, 0.05) is 46.7 Å². The number of aliphatic hydroxyl groups excluding tert-OH is 1. The number of nitrogens with one attached hydrogen (secondary N) is 2. The molecule has 0 unspecified atom stereocenters. The number of hydrogen-bond donors (Lipinski definition) is 4. The fraction of sp³-hybridized carbons (Fsp3) is 0.441. The molecular formula is C34H46Cl2N2O4Si. The van der Waals surface area contributed by atoms with Crippen LogP contribution in [0.4, 0.5) is 0 Å². The first-order chi connectivity index (χ1) is 20.2. The van der Waals surface area contributed by atoms with Crippen molar-refractivity contribution in [1.82, 2.24) is 10.6 Å². The molecule has 0 aliphatic carbocycles. The average molecular weight is 646 g/mol. The second kappa shape index (κ2) is 15.6. The topological polar surface area (TPSA) is 90.8 Å². The van der Waals surface area contributed by atoms with Gasteiger partial charge in [0.25, 0.3) is 0 Å². The second-order valence-electron chi connectivity index (χ2n) is 12.7. The largest absolute Gasteiger partial charge is 0.508 e. The highest BCUT2D eigenvalue weighted by atomic mass is 35.5. The van der Waals surface area contributed by atoms with Gasteiger partial charge in [-0.2, -0.15) is 0 Å². The summed E-state index contributed by atoms with van der Waals surface area (Å²) < 4.78 is 6.82. The van der Waals surface area contributed by atoms with Gasteiger partial charge in [0.05, 0.1) is 12.7 Å². The molecule has 0 aliphatic heterocycles. The summed E-state index contributed by atoms with van der Waals surface area (Å²) >= 11 is 12.4. The van der Waals surface area contributed by atoms with Crippen LogP contribution in [0.5, 0.6) is 5.75 Å². The van der Waals surface area contributed by atoms with Crippen molar-refractivity contribution in [3.63, 3.8) is 0 Å². The van der Waals surface area contributed by atoms with Crippen LogP contribution in [0, 0.1) is 0 Å². The number of aryl methyl sites for hydroxylation is 1. The monoisotopic (exact) mass is 644 g/mol. The Bertz CT molecular complexity index is 1360. The summed E-state index contributed by atoms with van der Waals surface area (Å²) in [5.74, 6) is 0.0313. The second-order valence-corrected chi connectivity index (χ2v) is 18.3. The number of carbonyl (C=O) groups excluding carboxylic acids is 1. The van der Waals surface area contributed by atoms with Gasteiger partial charge in [-0.3, -0.25) is 4.79 Å². The zero-order chi connectivity index (χ0) is 31.8. The van der Waals surface area contributed by atoms with Crippen LogP contribution in [0.1, 0.15) is 68.0 Å². The summed E-state index contributed by atoms with van der Waals surface area (Å²) in [6.07, 6.45) is 1.59. The van der Waals surface area contributed by atoms with Gasteiger partial charge in [0.2, 0.25) is 5.91 Å². The predicted octanol–water partition coefficient (Wildman–Crippen LogP) is 7.72. The number of benzene rings is 3. The zero-order valence-electron chi connectivity index (χ0n) is 26.1. The Balaban J connectivity index is 1.59. The Hall–Kier alpha value is -2.39. The van der Waals surface area contributed by atoms with Crippen LogP contribution in [0.2, 0.25) is 28.2 Å².